The van der Waals surface area contributed by atoms with E-state index in [0.29, 0.717) is 18.8 Å². The van der Waals surface area contributed by atoms with Crippen molar-refractivity contribution in [3.63, 3.8) is 0 Å². The van der Waals surface area contributed by atoms with Crippen molar-refractivity contribution < 1.29 is 14.3 Å². The lowest BCUT2D eigenvalue weighted by molar-refractivity contribution is -0.127. The standard InChI is InChI=1S/C19H23N5O3/c1-12-11-23(19(26)18-5-4-8-27-18)17-9-14(15-10-20-22(3)21-15)6-7-16(17)24(12)13(2)25/h6-7,9-10,12,18H,4-5,8,11H2,1-3H3/t12-,18?/m0/s1. The summed E-state index contributed by atoms with van der Waals surface area (Å²) in [4.78, 5) is 30.3. The number of rotatable bonds is 2. The minimum absolute atomic E-state index is 0.0415. The SMILES string of the molecule is CC(=O)N1c2ccc(-c3cnn(C)n3)cc2N(C(=O)C2CCCO2)C[C@@H]1C. The first kappa shape index (κ1) is 17.7. The van der Waals surface area contributed by atoms with Gasteiger partial charge < -0.3 is 14.5 Å². The minimum atomic E-state index is -0.408. The monoisotopic (exact) mass is 369 g/mol. The van der Waals surface area contributed by atoms with Gasteiger partial charge in [-0.3, -0.25) is 9.59 Å². The summed E-state index contributed by atoms with van der Waals surface area (Å²) in [5.74, 6) is -0.0830. The summed E-state index contributed by atoms with van der Waals surface area (Å²) in [6, 6.07) is 5.59. The quantitative estimate of drug-likeness (QED) is 0.806. The third-order valence-electron chi connectivity index (χ3n) is 5.12. The molecule has 27 heavy (non-hydrogen) atoms. The Labute approximate surface area is 157 Å². The zero-order valence-electron chi connectivity index (χ0n) is 15.8. The van der Waals surface area contributed by atoms with Crippen molar-refractivity contribution in [2.45, 2.75) is 38.8 Å². The first-order valence-corrected chi connectivity index (χ1v) is 9.19. The molecule has 1 unspecified atom stereocenters. The largest absolute Gasteiger partial charge is 0.368 e. The maximum absolute atomic E-state index is 13.1. The molecule has 0 N–H and O–H groups in total. The Bertz CT molecular complexity index is 887. The van der Waals surface area contributed by atoms with E-state index in [4.69, 9.17) is 4.74 Å². The summed E-state index contributed by atoms with van der Waals surface area (Å²) in [6.45, 7) is 4.56. The molecule has 2 aliphatic rings. The van der Waals surface area contributed by atoms with Crippen LogP contribution in [0.3, 0.4) is 0 Å². The number of fused-ring (bicyclic) bond motifs is 1. The fraction of sp³-hybridized carbons (Fsp3) is 0.474. The van der Waals surface area contributed by atoms with Gasteiger partial charge in [0.2, 0.25) is 5.91 Å². The van der Waals surface area contributed by atoms with Crippen LogP contribution in [0.2, 0.25) is 0 Å². The van der Waals surface area contributed by atoms with Crippen molar-refractivity contribution in [3.8, 4) is 11.3 Å². The molecule has 4 rings (SSSR count). The highest BCUT2D eigenvalue weighted by atomic mass is 16.5. The molecule has 0 saturated carbocycles. The number of nitrogens with zero attached hydrogens (tertiary/aromatic N) is 5. The molecular formula is C19H23N5O3. The molecule has 8 heteroatoms. The van der Waals surface area contributed by atoms with Gasteiger partial charge in [0, 0.05) is 32.7 Å². The van der Waals surface area contributed by atoms with Gasteiger partial charge in [-0.1, -0.05) is 6.07 Å². The van der Waals surface area contributed by atoms with Crippen molar-refractivity contribution in [1.29, 1.82) is 0 Å². The maximum Gasteiger partial charge on any atom is 0.256 e. The number of aryl methyl sites for hydroxylation is 1. The van der Waals surface area contributed by atoms with E-state index in [1.54, 1.807) is 30.0 Å². The molecule has 8 nitrogen and oxygen atoms in total. The Morgan fingerprint density at radius 2 is 2.07 bits per heavy atom. The van der Waals surface area contributed by atoms with Crippen LogP contribution >= 0.6 is 0 Å². The number of ether oxygens (including phenoxy) is 1. The summed E-state index contributed by atoms with van der Waals surface area (Å²) in [6.07, 6.45) is 2.90. The van der Waals surface area contributed by atoms with Gasteiger partial charge in [-0.2, -0.15) is 15.0 Å². The van der Waals surface area contributed by atoms with Crippen LogP contribution in [0.4, 0.5) is 11.4 Å². The molecule has 142 valence electrons. The average Bonchev–Trinajstić information content (AvgIpc) is 3.31. The van der Waals surface area contributed by atoms with Crippen LogP contribution in [0.15, 0.2) is 24.4 Å². The lowest BCUT2D eigenvalue weighted by atomic mass is 10.0. The van der Waals surface area contributed by atoms with Crippen molar-refractivity contribution in [2.24, 2.45) is 7.05 Å². The summed E-state index contributed by atoms with van der Waals surface area (Å²) in [5.41, 5.74) is 3.02. The van der Waals surface area contributed by atoms with Crippen LogP contribution in [-0.2, 0) is 21.4 Å². The van der Waals surface area contributed by atoms with Crippen LogP contribution in [-0.4, -0.2) is 52.1 Å². The number of hydrogen-bond donors (Lipinski definition) is 0. The molecule has 1 aromatic heterocycles. The number of benzene rings is 1. The van der Waals surface area contributed by atoms with Gasteiger partial charge in [0.1, 0.15) is 11.8 Å². The second-order valence-corrected chi connectivity index (χ2v) is 7.11. The van der Waals surface area contributed by atoms with Crippen LogP contribution in [0.1, 0.15) is 26.7 Å². The van der Waals surface area contributed by atoms with E-state index in [-0.39, 0.29) is 17.9 Å². The fourth-order valence-electron chi connectivity index (χ4n) is 3.90. The van der Waals surface area contributed by atoms with Gasteiger partial charge >= 0.3 is 0 Å². The number of amides is 2. The van der Waals surface area contributed by atoms with E-state index in [1.165, 1.54) is 4.80 Å². The van der Waals surface area contributed by atoms with Gasteiger partial charge in [-0.15, -0.1) is 0 Å². The molecule has 0 radical (unpaired) electrons. The molecule has 2 atom stereocenters. The fourth-order valence-corrected chi connectivity index (χ4v) is 3.90. The maximum atomic E-state index is 13.1. The van der Waals surface area contributed by atoms with E-state index in [0.717, 1.165) is 29.8 Å². The van der Waals surface area contributed by atoms with Crippen LogP contribution < -0.4 is 9.80 Å². The smallest absolute Gasteiger partial charge is 0.256 e. The summed E-state index contributed by atoms with van der Waals surface area (Å²) < 4.78 is 5.61. The normalized spacial score (nSPS) is 22.0. The summed E-state index contributed by atoms with van der Waals surface area (Å²) in [7, 11) is 1.76. The van der Waals surface area contributed by atoms with E-state index in [9.17, 15) is 9.59 Å². The second kappa shape index (κ2) is 6.77. The first-order valence-electron chi connectivity index (χ1n) is 9.19. The predicted octanol–water partition coefficient (Wildman–Crippen LogP) is 1.75. The molecule has 2 aliphatic heterocycles. The third kappa shape index (κ3) is 3.10. The molecule has 0 spiro atoms. The predicted molar refractivity (Wildman–Crippen MR) is 100 cm³/mol. The lowest BCUT2D eigenvalue weighted by Gasteiger charge is -2.41. The number of aromatic nitrogens is 3. The molecule has 2 amide bonds. The number of anilines is 2. The van der Waals surface area contributed by atoms with Crippen LogP contribution in [0.25, 0.3) is 11.3 Å². The Balaban J connectivity index is 1.79. The van der Waals surface area contributed by atoms with Gasteiger partial charge in [0.15, 0.2) is 0 Å². The topological polar surface area (TPSA) is 80.6 Å². The minimum Gasteiger partial charge on any atom is -0.368 e. The van der Waals surface area contributed by atoms with E-state index in [1.807, 2.05) is 25.1 Å². The molecule has 0 aliphatic carbocycles. The highest BCUT2D eigenvalue weighted by Crippen LogP contribution is 2.39. The van der Waals surface area contributed by atoms with Crippen molar-refractivity contribution >= 4 is 23.2 Å². The van der Waals surface area contributed by atoms with Crippen LogP contribution in [0, 0.1) is 0 Å². The van der Waals surface area contributed by atoms with Gasteiger partial charge in [-0.05, 0) is 31.9 Å². The zero-order chi connectivity index (χ0) is 19.1. The Morgan fingerprint density at radius 1 is 1.26 bits per heavy atom. The number of carbonyl (C=O) groups is 2. The zero-order valence-corrected chi connectivity index (χ0v) is 15.8. The van der Waals surface area contributed by atoms with Gasteiger partial charge in [0.25, 0.3) is 5.91 Å². The molecule has 3 heterocycles. The van der Waals surface area contributed by atoms with E-state index < -0.39 is 6.10 Å². The Morgan fingerprint density at radius 3 is 2.70 bits per heavy atom. The lowest BCUT2D eigenvalue weighted by Crippen LogP contribution is -2.53. The van der Waals surface area contributed by atoms with Crippen molar-refractivity contribution in [2.75, 3.05) is 23.0 Å². The highest BCUT2D eigenvalue weighted by molar-refractivity contribution is 6.06. The van der Waals surface area contributed by atoms with Crippen molar-refractivity contribution in [1.82, 2.24) is 15.0 Å². The Kier molecular flexibility index (Phi) is 4.43. The van der Waals surface area contributed by atoms with Gasteiger partial charge in [-0.25, -0.2) is 0 Å². The molecule has 2 aromatic rings. The summed E-state index contributed by atoms with van der Waals surface area (Å²) in [5, 5.41) is 8.46. The first-order chi connectivity index (χ1) is 13.0. The highest BCUT2D eigenvalue weighted by Gasteiger charge is 2.37. The van der Waals surface area contributed by atoms with E-state index in [2.05, 4.69) is 10.2 Å². The Hall–Kier alpha value is -2.74. The van der Waals surface area contributed by atoms with Crippen molar-refractivity contribution in [3.05, 3.63) is 24.4 Å². The molecule has 0 bridgehead atoms. The van der Waals surface area contributed by atoms with Gasteiger partial charge in [0.05, 0.1) is 23.6 Å². The molecule has 1 fully saturated rings. The van der Waals surface area contributed by atoms with E-state index >= 15 is 0 Å². The molecular weight excluding hydrogens is 346 g/mol. The molecule has 1 aromatic carbocycles. The second-order valence-electron chi connectivity index (χ2n) is 7.11. The number of carbonyl (C=O) groups excluding carboxylic acids is 2. The molecule has 1 saturated heterocycles. The third-order valence-corrected chi connectivity index (χ3v) is 5.12. The number of hydrogen-bond acceptors (Lipinski definition) is 5. The van der Waals surface area contributed by atoms with Crippen LogP contribution in [0.5, 0.6) is 0 Å². The summed E-state index contributed by atoms with van der Waals surface area (Å²) >= 11 is 0. The average molecular weight is 369 g/mol.